The van der Waals surface area contributed by atoms with Crippen LogP contribution in [-0.4, -0.2) is 5.11 Å². The molecule has 2 aromatic carbocycles. The monoisotopic (exact) mass is 249 g/mol. The maximum absolute atomic E-state index is 9.51. The average molecular weight is 250 g/mol. The number of aromatic hydroxyl groups is 1. The van der Waals surface area contributed by atoms with Gasteiger partial charge in [-0.05, 0) is 6.07 Å². The summed E-state index contributed by atoms with van der Waals surface area (Å²) in [5.41, 5.74) is 0.198. The molecule has 0 heterocycles. The lowest BCUT2D eigenvalue weighted by Gasteiger charge is -1.98. The van der Waals surface area contributed by atoms with Crippen molar-refractivity contribution in [2.24, 2.45) is 0 Å². The van der Waals surface area contributed by atoms with E-state index >= 15 is 0 Å². The van der Waals surface area contributed by atoms with Gasteiger partial charge < -0.3 is 5.11 Å². The van der Waals surface area contributed by atoms with Crippen LogP contribution in [0.15, 0.2) is 34.8 Å². The fraction of sp³-hybridized carbons (Fsp3) is 0. The summed E-state index contributed by atoms with van der Waals surface area (Å²) >= 11 is 3.33. The van der Waals surface area contributed by atoms with E-state index in [4.69, 9.17) is 5.39 Å². The smallest absolute Gasteiger partial charge is 0.433 e. The molecular formula is C10H6BrN2O+. The molecule has 0 fully saturated rings. The van der Waals surface area contributed by atoms with Crippen LogP contribution in [0.5, 0.6) is 5.75 Å². The Morgan fingerprint density at radius 3 is 2.50 bits per heavy atom. The minimum atomic E-state index is -0.0434. The van der Waals surface area contributed by atoms with E-state index < -0.39 is 0 Å². The first-order valence-electron chi connectivity index (χ1n) is 3.99. The van der Waals surface area contributed by atoms with Crippen LogP contribution in [-0.2, 0) is 0 Å². The SMILES string of the molecule is N#[N+]c1c(O)cc(Br)c2ccccc12. The zero-order valence-corrected chi connectivity index (χ0v) is 8.69. The van der Waals surface area contributed by atoms with Crippen LogP contribution in [0.2, 0.25) is 0 Å². The minimum Gasteiger partial charge on any atom is -0.501 e. The summed E-state index contributed by atoms with van der Waals surface area (Å²) in [6.07, 6.45) is 0. The molecule has 0 saturated heterocycles. The number of halogens is 1. The molecule has 0 spiro atoms. The molecule has 0 aliphatic carbocycles. The van der Waals surface area contributed by atoms with Gasteiger partial charge in [0.1, 0.15) is 0 Å². The highest BCUT2D eigenvalue weighted by Crippen LogP contribution is 2.39. The fourth-order valence-electron chi connectivity index (χ4n) is 1.41. The molecule has 14 heavy (non-hydrogen) atoms. The van der Waals surface area contributed by atoms with E-state index in [9.17, 15) is 5.11 Å². The first kappa shape index (κ1) is 8.97. The van der Waals surface area contributed by atoms with E-state index in [0.717, 1.165) is 9.86 Å². The van der Waals surface area contributed by atoms with E-state index in [1.54, 1.807) is 6.07 Å². The van der Waals surface area contributed by atoms with Crippen LogP contribution < -0.4 is 0 Å². The molecule has 0 bridgehead atoms. The van der Waals surface area contributed by atoms with E-state index in [1.807, 2.05) is 18.2 Å². The maximum Gasteiger partial charge on any atom is 0.433 e. The van der Waals surface area contributed by atoms with Gasteiger partial charge in [-0.15, -0.1) is 0 Å². The van der Waals surface area contributed by atoms with Crippen molar-refractivity contribution in [1.82, 2.24) is 0 Å². The molecule has 0 aliphatic heterocycles. The quantitative estimate of drug-likeness (QED) is 0.723. The Hall–Kier alpha value is -1.60. The van der Waals surface area contributed by atoms with E-state index in [1.165, 1.54) is 6.07 Å². The molecule has 0 aromatic heterocycles. The van der Waals surface area contributed by atoms with Crippen LogP contribution in [0.4, 0.5) is 5.69 Å². The minimum absolute atomic E-state index is 0.0434. The van der Waals surface area contributed by atoms with Crippen molar-refractivity contribution < 1.29 is 5.11 Å². The highest BCUT2D eigenvalue weighted by atomic mass is 79.9. The normalized spacial score (nSPS) is 10.0. The third-order valence-corrected chi connectivity index (χ3v) is 2.70. The third-order valence-electron chi connectivity index (χ3n) is 2.05. The molecule has 2 aromatic rings. The maximum atomic E-state index is 9.51. The van der Waals surface area contributed by atoms with Crippen molar-refractivity contribution in [3.8, 4) is 5.75 Å². The Balaban J connectivity index is 3.00. The van der Waals surface area contributed by atoms with Crippen molar-refractivity contribution >= 4 is 32.4 Å². The second kappa shape index (κ2) is 3.28. The van der Waals surface area contributed by atoms with Crippen molar-refractivity contribution in [3.63, 3.8) is 0 Å². The lowest BCUT2D eigenvalue weighted by molar-refractivity contribution is 0.479. The zero-order chi connectivity index (χ0) is 10.1. The second-order valence-corrected chi connectivity index (χ2v) is 3.73. The molecule has 0 aliphatic rings. The first-order chi connectivity index (χ1) is 6.74. The average Bonchev–Trinajstić information content (AvgIpc) is 2.18. The molecule has 0 amide bonds. The Morgan fingerprint density at radius 1 is 1.21 bits per heavy atom. The van der Waals surface area contributed by atoms with Gasteiger partial charge >= 0.3 is 5.69 Å². The van der Waals surface area contributed by atoms with E-state index in [2.05, 4.69) is 20.9 Å². The van der Waals surface area contributed by atoms with Gasteiger partial charge in [0.15, 0.2) is 4.98 Å². The van der Waals surface area contributed by atoms with E-state index in [-0.39, 0.29) is 11.4 Å². The predicted molar refractivity (Wildman–Crippen MR) is 58.1 cm³/mol. The fourth-order valence-corrected chi connectivity index (χ4v) is 1.97. The molecule has 68 valence electrons. The largest absolute Gasteiger partial charge is 0.501 e. The number of benzene rings is 2. The molecule has 3 nitrogen and oxygen atoms in total. The highest BCUT2D eigenvalue weighted by Gasteiger charge is 2.19. The standard InChI is InChI=1S/C10H5BrN2O/c11-8-5-9(14)10(13-12)7-4-2-1-3-6(7)8/h1-5H/p+1. The first-order valence-corrected chi connectivity index (χ1v) is 4.78. The van der Waals surface area contributed by atoms with Gasteiger partial charge in [-0.1, -0.05) is 34.1 Å². The Labute approximate surface area is 88.7 Å². The summed E-state index contributed by atoms with van der Waals surface area (Å²) in [4.78, 5) is 3.07. The number of hydrogen-bond donors (Lipinski definition) is 1. The number of fused-ring (bicyclic) bond motifs is 1. The van der Waals surface area contributed by atoms with Gasteiger partial charge in [-0.25, -0.2) is 0 Å². The number of diazo groups is 1. The Bertz CT molecular complexity index is 546. The van der Waals surface area contributed by atoms with Crippen molar-refractivity contribution in [3.05, 3.63) is 39.8 Å². The van der Waals surface area contributed by atoms with Gasteiger partial charge in [0.25, 0.3) is 0 Å². The lowest BCUT2D eigenvalue weighted by atomic mass is 10.1. The van der Waals surface area contributed by atoms with Gasteiger partial charge in [0, 0.05) is 15.9 Å². The molecule has 0 saturated carbocycles. The summed E-state index contributed by atoms with van der Waals surface area (Å²) in [6.45, 7) is 0. The number of rotatable bonds is 0. The third kappa shape index (κ3) is 1.22. The van der Waals surface area contributed by atoms with E-state index in [0.29, 0.717) is 5.39 Å². The number of hydrogen-bond acceptors (Lipinski definition) is 2. The van der Waals surface area contributed by atoms with Gasteiger partial charge in [-0.2, -0.15) is 0 Å². The molecular weight excluding hydrogens is 244 g/mol. The summed E-state index contributed by atoms with van der Waals surface area (Å²) in [7, 11) is 0. The Morgan fingerprint density at radius 2 is 1.86 bits per heavy atom. The summed E-state index contributed by atoms with van der Waals surface area (Å²) < 4.78 is 0.776. The summed E-state index contributed by atoms with van der Waals surface area (Å²) in [5, 5.41) is 19.9. The highest BCUT2D eigenvalue weighted by molar-refractivity contribution is 9.10. The van der Waals surface area contributed by atoms with Crippen LogP contribution in [0.25, 0.3) is 15.7 Å². The molecule has 1 N–H and O–H groups in total. The molecule has 2 rings (SSSR count). The van der Waals surface area contributed by atoms with Gasteiger partial charge in [-0.3, -0.25) is 0 Å². The van der Waals surface area contributed by atoms with Crippen LogP contribution >= 0.6 is 15.9 Å². The molecule has 4 heteroatoms. The van der Waals surface area contributed by atoms with Crippen molar-refractivity contribution in [2.75, 3.05) is 0 Å². The van der Waals surface area contributed by atoms with Gasteiger partial charge in [0.2, 0.25) is 11.1 Å². The van der Waals surface area contributed by atoms with Crippen LogP contribution in [0, 0.1) is 5.39 Å². The van der Waals surface area contributed by atoms with Crippen molar-refractivity contribution in [2.45, 2.75) is 0 Å². The van der Waals surface area contributed by atoms with Crippen molar-refractivity contribution in [1.29, 1.82) is 5.39 Å². The molecule has 0 radical (unpaired) electrons. The lowest BCUT2D eigenvalue weighted by Crippen LogP contribution is -1.76. The zero-order valence-electron chi connectivity index (χ0n) is 7.11. The number of phenols is 1. The number of nitrogens with zero attached hydrogens (tertiary/aromatic N) is 2. The topological polar surface area (TPSA) is 48.4 Å². The van der Waals surface area contributed by atoms with Crippen LogP contribution in [0.3, 0.4) is 0 Å². The second-order valence-electron chi connectivity index (χ2n) is 2.87. The number of phenolic OH excluding ortho intramolecular Hbond substituents is 1. The summed E-state index contributed by atoms with van der Waals surface area (Å²) in [5.74, 6) is -0.0434. The molecule has 0 atom stereocenters. The van der Waals surface area contributed by atoms with Gasteiger partial charge in [0.05, 0.1) is 5.39 Å². The Kier molecular flexibility index (Phi) is 2.10. The molecule has 0 unspecified atom stereocenters. The van der Waals surface area contributed by atoms with Crippen LogP contribution in [0.1, 0.15) is 0 Å². The predicted octanol–water partition coefficient (Wildman–Crippen LogP) is 3.79. The summed E-state index contributed by atoms with van der Waals surface area (Å²) in [6, 6.07) is 8.88.